The quantitative estimate of drug-likeness (QED) is 0.191. The van der Waals surface area contributed by atoms with Gasteiger partial charge in [0.25, 0.3) is 11.4 Å². The number of non-ortho nitro benzene ring substituents is 1. The number of nitrogens with zero attached hydrogens (tertiary/aromatic N) is 2. The lowest BCUT2D eigenvalue weighted by Gasteiger charge is -2.39. The van der Waals surface area contributed by atoms with Gasteiger partial charge in [-0.1, -0.05) is 40.2 Å². The van der Waals surface area contributed by atoms with Gasteiger partial charge in [0.05, 0.1) is 26.2 Å². The Morgan fingerprint density at radius 1 is 1.06 bits per heavy atom. The third-order valence-electron chi connectivity index (χ3n) is 6.88. The van der Waals surface area contributed by atoms with Gasteiger partial charge in [-0.15, -0.1) is 23.4 Å². The molecule has 1 aliphatic carbocycles. The van der Waals surface area contributed by atoms with Crippen LogP contribution in [0.4, 0.5) is 17.1 Å². The molecule has 1 aliphatic heterocycles. The molecule has 1 N–H and O–H groups in total. The molecule has 0 saturated heterocycles. The normalized spacial score (nSPS) is 24.8. The Morgan fingerprint density at radius 2 is 1.77 bits per heavy atom. The Labute approximate surface area is 219 Å². The molecule has 2 aliphatic rings. The fourth-order valence-electron chi connectivity index (χ4n) is 5.37. The number of nitrogens with one attached hydrogen (secondary N) is 1. The van der Waals surface area contributed by atoms with Crippen LogP contribution in [0.5, 0.6) is 0 Å². The molecule has 0 spiro atoms. The van der Waals surface area contributed by atoms with Gasteiger partial charge >= 0.3 is 0 Å². The predicted molar refractivity (Wildman–Crippen MR) is 142 cm³/mol. The van der Waals surface area contributed by atoms with Crippen molar-refractivity contribution >= 4 is 56.4 Å². The number of thioether (sulfide) groups is 1. The number of para-hydroxylation sites is 1. The molecule has 3 aromatic carbocycles. The molecule has 5 atom stereocenters. The van der Waals surface area contributed by atoms with Gasteiger partial charge in [0, 0.05) is 39.5 Å². The van der Waals surface area contributed by atoms with Crippen molar-refractivity contribution in [3.63, 3.8) is 0 Å². The number of nitro benzene ring substituents is 2. The Kier molecular flexibility index (Phi) is 6.50. The first-order valence-corrected chi connectivity index (χ1v) is 13.2. The van der Waals surface area contributed by atoms with Crippen LogP contribution >= 0.6 is 39.3 Å². The van der Waals surface area contributed by atoms with Gasteiger partial charge in [-0.25, -0.2) is 0 Å². The van der Waals surface area contributed by atoms with Crippen molar-refractivity contribution in [2.24, 2.45) is 5.92 Å². The zero-order valence-corrected chi connectivity index (χ0v) is 21.7. The van der Waals surface area contributed by atoms with Gasteiger partial charge in [-0.2, -0.15) is 0 Å². The van der Waals surface area contributed by atoms with Crippen LogP contribution in [0.1, 0.15) is 35.1 Å². The van der Waals surface area contributed by atoms with Crippen molar-refractivity contribution < 1.29 is 9.85 Å². The second kappa shape index (κ2) is 9.44. The van der Waals surface area contributed by atoms with Crippen LogP contribution in [0.15, 0.2) is 70.0 Å². The number of aryl methyl sites for hydroxylation is 1. The van der Waals surface area contributed by atoms with E-state index in [0.29, 0.717) is 11.3 Å². The summed E-state index contributed by atoms with van der Waals surface area (Å²) in [6.07, 6.45) is 0.713. The van der Waals surface area contributed by atoms with Crippen molar-refractivity contribution in [1.82, 2.24) is 0 Å². The third kappa shape index (κ3) is 4.41. The minimum absolute atomic E-state index is 0.0432. The van der Waals surface area contributed by atoms with Crippen molar-refractivity contribution in [3.05, 3.63) is 102 Å². The summed E-state index contributed by atoms with van der Waals surface area (Å²) in [5.74, 6) is -0.0757. The molecular formula is C25H21BrClN3O4S. The Hall–Kier alpha value is -2.62. The maximum absolute atomic E-state index is 11.6. The van der Waals surface area contributed by atoms with Crippen molar-refractivity contribution in [3.8, 4) is 0 Å². The van der Waals surface area contributed by atoms with E-state index in [1.165, 1.54) is 17.8 Å². The summed E-state index contributed by atoms with van der Waals surface area (Å²) < 4.78 is 0.979. The minimum Gasteiger partial charge on any atom is -0.377 e. The van der Waals surface area contributed by atoms with Gasteiger partial charge < -0.3 is 5.32 Å². The van der Waals surface area contributed by atoms with Gasteiger partial charge in [0.15, 0.2) is 0 Å². The van der Waals surface area contributed by atoms with Crippen LogP contribution in [0.3, 0.4) is 0 Å². The first-order valence-electron chi connectivity index (χ1n) is 11.1. The van der Waals surface area contributed by atoms with Crippen molar-refractivity contribution in [1.29, 1.82) is 0 Å². The molecule has 1 saturated carbocycles. The number of benzene rings is 3. The van der Waals surface area contributed by atoms with Gasteiger partial charge in [-0.3, -0.25) is 20.2 Å². The molecular weight excluding hydrogens is 554 g/mol. The zero-order chi connectivity index (χ0) is 24.9. The number of alkyl halides is 1. The lowest BCUT2D eigenvalue weighted by atomic mass is 9.76. The minimum atomic E-state index is -0.374. The fraction of sp³-hybridized carbons (Fsp3) is 0.280. The van der Waals surface area contributed by atoms with Gasteiger partial charge in [-0.05, 0) is 54.2 Å². The van der Waals surface area contributed by atoms with E-state index >= 15 is 0 Å². The number of nitro groups is 2. The van der Waals surface area contributed by atoms with Crippen LogP contribution in [-0.4, -0.2) is 20.5 Å². The second-order valence-electron chi connectivity index (χ2n) is 8.91. The van der Waals surface area contributed by atoms with E-state index in [9.17, 15) is 20.2 Å². The highest BCUT2D eigenvalue weighted by Crippen LogP contribution is 2.59. The Balaban J connectivity index is 1.59. The molecule has 180 valence electrons. The largest absolute Gasteiger partial charge is 0.377 e. The van der Waals surface area contributed by atoms with Gasteiger partial charge in [0.1, 0.15) is 0 Å². The number of hydrogen-bond acceptors (Lipinski definition) is 6. The molecule has 5 rings (SSSR count). The fourth-order valence-corrected chi connectivity index (χ4v) is 7.57. The molecule has 10 heteroatoms. The standard InChI is InChI=1S/C25H21BrClN3O4S/c1-13-10-16(29(31)32)11-17-22-18(25(28-24(13)17)14-6-8-15(26)9-7-14)12-21(23(22)27)35-20-5-3-2-4-19(20)30(33)34/h2-11,18,21-23,25,28H,12H2,1H3/t18-,21+,22+,23+,25+/m0/s1. The van der Waals surface area contributed by atoms with Crippen LogP contribution in [0, 0.1) is 33.1 Å². The maximum atomic E-state index is 11.6. The van der Waals surface area contributed by atoms with E-state index in [-0.39, 0.29) is 49.7 Å². The van der Waals surface area contributed by atoms with Crippen LogP contribution < -0.4 is 5.32 Å². The monoisotopic (exact) mass is 573 g/mol. The first-order chi connectivity index (χ1) is 16.7. The molecule has 1 heterocycles. The molecule has 1 fully saturated rings. The van der Waals surface area contributed by atoms with E-state index in [1.807, 2.05) is 19.1 Å². The highest BCUT2D eigenvalue weighted by molar-refractivity contribution is 9.10. The second-order valence-corrected chi connectivity index (χ2v) is 11.6. The first kappa shape index (κ1) is 24.1. The lowest BCUT2D eigenvalue weighted by molar-refractivity contribution is -0.387. The number of halogens is 2. The molecule has 0 bridgehead atoms. The average Bonchev–Trinajstić information content (AvgIpc) is 3.15. The molecule has 35 heavy (non-hydrogen) atoms. The maximum Gasteiger partial charge on any atom is 0.282 e. The highest BCUT2D eigenvalue weighted by Gasteiger charge is 2.51. The summed E-state index contributed by atoms with van der Waals surface area (Å²) in [7, 11) is 0. The van der Waals surface area contributed by atoms with E-state index in [2.05, 4.69) is 33.4 Å². The van der Waals surface area contributed by atoms with E-state index in [1.54, 1.807) is 30.3 Å². The van der Waals surface area contributed by atoms with Gasteiger partial charge in [0.2, 0.25) is 0 Å². The molecule has 0 amide bonds. The lowest BCUT2D eigenvalue weighted by Crippen LogP contribution is -2.31. The summed E-state index contributed by atoms with van der Waals surface area (Å²) in [5, 5.41) is 26.4. The molecule has 0 aromatic heterocycles. The summed E-state index contributed by atoms with van der Waals surface area (Å²) >= 11 is 12.0. The zero-order valence-electron chi connectivity index (χ0n) is 18.6. The Morgan fingerprint density at radius 3 is 2.46 bits per heavy atom. The molecule has 0 radical (unpaired) electrons. The van der Waals surface area contributed by atoms with Crippen LogP contribution in [0.2, 0.25) is 0 Å². The summed E-state index contributed by atoms with van der Waals surface area (Å²) in [5.41, 5.74) is 3.74. The van der Waals surface area contributed by atoms with Crippen molar-refractivity contribution in [2.45, 2.75) is 40.8 Å². The molecule has 0 unspecified atom stereocenters. The average molecular weight is 575 g/mol. The van der Waals surface area contributed by atoms with E-state index in [4.69, 9.17) is 11.6 Å². The highest BCUT2D eigenvalue weighted by atomic mass is 79.9. The smallest absolute Gasteiger partial charge is 0.282 e. The number of rotatable bonds is 5. The SMILES string of the molecule is Cc1cc([N+](=O)[O-])cc2c1N[C@H](c1ccc(Br)cc1)[C@H]1C[C@@H](Sc3ccccc3[N+](=O)[O-])[C@@H](Cl)[C@H]21. The molecule has 3 aromatic rings. The number of fused-ring (bicyclic) bond motifs is 3. The number of anilines is 1. The Bertz CT molecular complexity index is 1320. The summed E-state index contributed by atoms with van der Waals surface area (Å²) in [6, 6.07) is 18.0. The van der Waals surface area contributed by atoms with E-state index in [0.717, 1.165) is 26.9 Å². The van der Waals surface area contributed by atoms with E-state index < -0.39 is 0 Å². The van der Waals surface area contributed by atoms with Crippen LogP contribution in [-0.2, 0) is 0 Å². The topological polar surface area (TPSA) is 98.3 Å². The summed E-state index contributed by atoms with van der Waals surface area (Å²) in [4.78, 5) is 23.0. The number of hydrogen-bond donors (Lipinski definition) is 1. The van der Waals surface area contributed by atoms with Crippen molar-refractivity contribution in [2.75, 3.05) is 5.32 Å². The summed E-state index contributed by atoms with van der Waals surface area (Å²) in [6.45, 7) is 1.87. The third-order valence-corrected chi connectivity index (χ3v) is 9.52. The predicted octanol–water partition coefficient (Wildman–Crippen LogP) is 7.61. The van der Waals surface area contributed by atoms with Crippen LogP contribution in [0.25, 0.3) is 0 Å². The molecule has 7 nitrogen and oxygen atoms in total.